The molecular weight excluding hydrogens is 212 g/mol. The summed E-state index contributed by atoms with van der Waals surface area (Å²) < 4.78 is 0. The number of rotatable bonds is 1. The van der Waals surface area contributed by atoms with Gasteiger partial charge in [-0.15, -0.1) is 0 Å². The summed E-state index contributed by atoms with van der Waals surface area (Å²) in [5, 5.41) is 1.60. The summed E-state index contributed by atoms with van der Waals surface area (Å²) in [6.07, 6.45) is 0. The number of nitrogens with one attached hydrogen (secondary N) is 1. The largest absolute Gasteiger partial charge is 0.326 e. The number of benzene rings is 1. The molecule has 1 aromatic carbocycles. The van der Waals surface area contributed by atoms with Crippen molar-refractivity contribution in [3.8, 4) is 0 Å². The van der Waals surface area contributed by atoms with Crippen molar-refractivity contribution in [2.24, 2.45) is 5.73 Å². The van der Waals surface area contributed by atoms with Crippen LogP contribution in [0.3, 0.4) is 0 Å². The molecule has 0 saturated carbocycles. The highest BCUT2D eigenvalue weighted by atomic mass is 35.5. The van der Waals surface area contributed by atoms with E-state index in [0.29, 0.717) is 10.6 Å². The zero-order valence-corrected chi connectivity index (χ0v) is 9.06. The lowest BCUT2D eigenvalue weighted by Crippen LogP contribution is -2.18. The van der Waals surface area contributed by atoms with Crippen molar-refractivity contribution in [2.75, 3.05) is 0 Å². The summed E-state index contributed by atoms with van der Waals surface area (Å²) >= 11 is 5.90. The van der Waals surface area contributed by atoms with Crippen molar-refractivity contribution in [3.05, 3.63) is 44.7 Å². The van der Waals surface area contributed by atoms with Crippen LogP contribution in [-0.4, -0.2) is 4.98 Å². The maximum atomic E-state index is 11.6. The molecule has 1 heterocycles. The second-order valence-electron chi connectivity index (χ2n) is 3.45. The van der Waals surface area contributed by atoms with E-state index in [1.807, 2.05) is 13.0 Å². The van der Waals surface area contributed by atoms with E-state index in [9.17, 15) is 4.79 Å². The van der Waals surface area contributed by atoms with E-state index in [1.54, 1.807) is 12.1 Å². The van der Waals surface area contributed by atoms with Crippen molar-refractivity contribution < 1.29 is 0 Å². The number of pyridine rings is 1. The first-order valence-electron chi connectivity index (χ1n) is 4.64. The summed E-state index contributed by atoms with van der Waals surface area (Å²) in [6, 6.07) is 5.38. The van der Waals surface area contributed by atoms with Gasteiger partial charge in [-0.25, -0.2) is 0 Å². The lowest BCUT2D eigenvalue weighted by Gasteiger charge is -2.06. The quantitative estimate of drug-likeness (QED) is 0.775. The Kier molecular flexibility index (Phi) is 2.50. The average Bonchev–Trinajstić information content (AvgIpc) is 2.20. The number of halogens is 1. The SMILES string of the molecule is Cc1c(CN)c(=O)[nH]c2ccc(Cl)cc12. The molecular formula is C11H11ClN2O. The molecule has 1 aromatic heterocycles. The molecule has 0 radical (unpaired) electrons. The molecule has 0 bridgehead atoms. The molecule has 3 N–H and O–H groups in total. The van der Waals surface area contributed by atoms with Gasteiger partial charge < -0.3 is 10.7 Å². The van der Waals surface area contributed by atoms with Crippen LogP contribution in [0.2, 0.25) is 5.02 Å². The van der Waals surface area contributed by atoms with E-state index in [0.717, 1.165) is 16.5 Å². The molecule has 15 heavy (non-hydrogen) atoms. The van der Waals surface area contributed by atoms with E-state index in [1.165, 1.54) is 0 Å². The van der Waals surface area contributed by atoms with E-state index < -0.39 is 0 Å². The first-order valence-corrected chi connectivity index (χ1v) is 5.02. The summed E-state index contributed by atoms with van der Waals surface area (Å²) in [4.78, 5) is 14.4. The molecule has 2 aromatic rings. The molecule has 0 amide bonds. The lowest BCUT2D eigenvalue weighted by molar-refractivity contribution is 1.01. The van der Waals surface area contributed by atoms with Crippen molar-refractivity contribution in [2.45, 2.75) is 13.5 Å². The van der Waals surface area contributed by atoms with Crippen LogP contribution >= 0.6 is 11.6 Å². The molecule has 78 valence electrons. The summed E-state index contributed by atoms with van der Waals surface area (Å²) in [5.74, 6) is 0. The molecule has 0 aliphatic carbocycles. The van der Waals surface area contributed by atoms with Gasteiger partial charge in [0.25, 0.3) is 5.56 Å². The Labute approximate surface area is 91.9 Å². The fourth-order valence-electron chi connectivity index (χ4n) is 1.71. The first-order chi connectivity index (χ1) is 7.13. The summed E-state index contributed by atoms with van der Waals surface area (Å²) in [5.41, 5.74) is 7.72. The molecule has 0 aliphatic heterocycles. The highest BCUT2D eigenvalue weighted by Crippen LogP contribution is 2.21. The van der Waals surface area contributed by atoms with Gasteiger partial charge in [0, 0.05) is 28.0 Å². The Morgan fingerprint density at radius 2 is 2.20 bits per heavy atom. The first kappa shape index (κ1) is 10.2. The van der Waals surface area contributed by atoms with Gasteiger partial charge in [0.05, 0.1) is 0 Å². The third-order valence-electron chi connectivity index (χ3n) is 2.56. The van der Waals surface area contributed by atoms with Crippen LogP contribution in [0.1, 0.15) is 11.1 Å². The number of fused-ring (bicyclic) bond motifs is 1. The smallest absolute Gasteiger partial charge is 0.253 e. The van der Waals surface area contributed by atoms with Crippen LogP contribution in [0.15, 0.2) is 23.0 Å². The Bertz CT molecular complexity index is 575. The van der Waals surface area contributed by atoms with Gasteiger partial charge in [-0.2, -0.15) is 0 Å². The maximum absolute atomic E-state index is 11.6. The zero-order chi connectivity index (χ0) is 11.0. The van der Waals surface area contributed by atoms with Gasteiger partial charge in [0.2, 0.25) is 0 Å². The minimum Gasteiger partial charge on any atom is -0.326 e. The standard InChI is InChI=1S/C11H11ClN2O/c1-6-8-4-7(12)2-3-10(8)14-11(15)9(6)5-13/h2-4H,5,13H2,1H3,(H,14,15). The third kappa shape index (κ3) is 1.64. The fourth-order valence-corrected chi connectivity index (χ4v) is 1.88. The normalized spacial score (nSPS) is 10.9. The molecule has 0 atom stereocenters. The third-order valence-corrected chi connectivity index (χ3v) is 2.80. The van der Waals surface area contributed by atoms with Crippen molar-refractivity contribution in [3.63, 3.8) is 0 Å². The van der Waals surface area contributed by atoms with E-state index in [2.05, 4.69) is 4.98 Å². The number of nitrogens with two attached hydrogens (primary N) is 1. The number of hydrogen-bond acceptors (Lipinski definition) is 2. The van der Waals surface area contributed by atoms with Crippen molar-refractivity contribution >= 4 is 22.5 Å². The van der Waals surface area contributed by atoms with Crippen molar-refractivity contribution in [1.82, 2.24) is 4.98 Å². The van der Waals surface area contributed by atoms with Gasteiger partial charge in [0.15, 0.2) is 0 Å². The molecule has 0 spiro atoms. The van der Waals surface area contributed by atoms with Gasteiger partial charge in [0.1, 0.15) is 0 Å². The van der Waals surface area contributed by atoms with Crippen LogP contribution in [0.4, 0.5) is 0 Å². The lowest BCUT2D eigenvalue weighted by atomic mass is 10.1. The van der Waals surface area contributed by atoms with Gasteiger partial charge in [-0.05, 0) is 30.7 Å². The monoisotopic (exact) mass is 222 g/mol. The Balaban J connectivity index is 2.92. The summed E-state index contributed by atoms with van der Waals surface area (Å²) in [6.45, 7) is 2.12. The second-order valence-corrected chi connectivity index (χ2v) is 3.89. The minimum absolute atomic E-state index is 0.121. The Morgan fingerprint density at radius 1 is 1.47 bits per heavy atom. The van der Waals surface area contributed by atoms with Crippen LogP contribution in [0.5, 0.6) is 0 Å². The maximum Gasteiger partial charge on any atom is 0.253 e. The Morgan fingerprint density at radius 3 is 2.87 bits per heavy atom. The number of aromatic amines is 1. The van der Waals surface area contributed by atoms with E-state index in [4.69, 9.17) is 17.3 Å². The van der Waals surface area contributed by atoms with Crippen LogP contribution in [0.25, 0.3) is 10.9 Å². The predicted octanol–water partition coefficient (Wildman–Crippen LogP) is 1.95. The van der Waals surface area contributed by atoms with Gasteiger partial charge in [-0.3, -0.25) is 4.79 Å². The molecule has 3 nitrogen and oxygen atoms in total. The fraction of sp³-hybridized carbons (Fsp3) is 0.182. The highest BCUT2D eigenvalue weighted by molar-refractivity contribution is 6.31. The zero-order valence-electron chi connectivity index (χ0n) is 8.30. The second kappa shape index (κ2) is 3.68. The molecule has 2 rings (SSSR count). The molecule has 0 aliphatic rings. The number of aromatic nitrogens is 1. The minimum atomic E-state index is -0.121. The van der Waals surface area contributed by atoms with Crippen molar-refractivity contribution in [1.29, 1.82) is 0 Å². The number of hydrogen-bond donors (Lipinski definition) is 2. The van der Waals surface area contributed by atoms with E-state index in [-0.39, 0.29) is 12.1 Å². The predicted molar refractivity (Wildman–Crippen MR) is 62.2 cm³/mol. The van der Waals surface area contributed by atoms with Crippen LogP contribution in [0, 0.1) is 6.92 Å². The van der Waals surface area contributed by atoms with Crippen LogP contribution in [-0.2, 0) is 6.54 Å². The molecule has 0 saturated heterocycles. The van der Waals surface area contributed by atoms with E-state index >= 15 is 0 Å². The molecule has 4 heteroatoms. The number of aryl methyl sites for hydroxylation is 1. The average molecular weight is 223 g/mol. The number of H-pyrrole nitrogens is 1. The van der Waals surface area contributed by atoms with Gasteiger partial charge in [-0.1, -0.05) is 11.6 Å². The Hall–Kier alpha value is -1.32. The van der Waals surface area contributed by atoms with Gasteiger partial charge >= 0.3 is 0 Å². The molecule has 0 fully saturated rings. The highest BCUT2D eigenvalue weighted by Gasteiger charge is 2.07. The summed E-state index contributed by atoms with van der Waals surface area (Å²) in [7, 11) is 0. The van der Waals surface area contributed by atoms with Crippen LogP contribution < -0.4 is 11.3 Å². The topological polar surface area (TPSA) is 58.9 Å². The molecule has 0 unspecified atom stereocenters.